The second-order valence-corrected chi connectivity index (χ2v) is 5.38. The lowest BCUT2D eigenvalue weighted by Gasteiger charge is -2.19. The van der Waals surface area contributed by atoms with Gasteiger partial charge in [-0.05, 0) is 32.4 Å². The van der Waals surface area contributed by atoms with Crippen molar-refractivity contribution in [2.24, 2.45) is 0 Å². The van der Waals surface area contributed by atoms with Crippen LogP contribution < -0.4 is 4.90 Å². The van der Waals surface area contributed by atoms with Crippen LogP contribution in [0.3, 0.4) is 0 Å². The van der Waals surface area contributed by atoms with Crippen molar-refractivity contribution in [1.82, 2.24) is 10.1 Å². The minimum atomic E-state index is -0.00981. The van der Waals surface area contributed by atoms with Gasteiger partial charge in [-0.2, -0.15) is 4.98 Å². The van der Waals surface area contributed by atoms with Gasteiger partial charge in [0.1, 0.15) is 0 Å². The summed E-state index contributed by atoms with van der Waals surface area (Å²) < 4.78 is 5.19. The second kappa shape index (κ2) is 4.74. The largest absolute Gasteiger partial charge is 0.339 e. The number of carbonyl (C=O) groups excluding carboxylic acids is 1. The molecule has 0 aliphatic carbocycles. The van der Waals surface area contributed by atoms with Crippen molar-refractivity contribution >= 4 is 11.6 Å². The van der Waals surface area contributed by atoms with Crippen LogP contribution in [0.2, 0.25) is 0 Å². The van der Waals surface area contributed by atoms with Crippen LogP contribution >= 0.6 is 0 Å². The average molecular weight is 271 g/mol. The summed E-state index contributed by atoms with van der Waals surface area (Å²) >= 11 is 0. The molecule has 1 fully saturated rings. The second-order valence-electron chi connectivity index (χ2n) is 5.38. The Morgan fingerprint density at radius 1 is 1.30 bits per heavy atom. The average Bonchev–Trinajstić information content (AvgIpc) is 2.96. The molecule has 2 aromatic rings. The van der Waals surface area contributed by atoms with Gasteiger partial charge in [0.05, 0.1) is 5.92 Å². The number of aromatic nitrogens is 2. The Kier molecular flexibility index (Phi) is 3.04. The van der Waals surface area contributed by atoms with Gasteiger partial charge in [0.25, 0.3) is 0 Å². The number of hydrogen-bond donors (Lipinski definition) is 0. The molecule has 0 unspecified atom stereocenters. The van der Waals surface area contributed by atoms with Crippen molar-refractivity contribution in [3.05, 3.63) is 41.0 Å². The van der Waals surface area contributed by atoms with Crippen molar-refractivity contribution in [2.75, 3.05) is 11.4 Å². The molecule has 1 aliphatic heterocycles. The molecule has 3 rings (SSSR count). The summed E-state index contributed by atoms with van der Waals surface area (Å²) in [5.74, 6) is 1.27. The van der Waals surface area contributed by atoms with E-state index < -0.39 is 0 Å². The van der Waals surface area contributed by atoms with Crippen LogP contribution in [0.15, 0.2) is 22.7 Å². The van der Waals surface area contributed by atoms with E-state index >= 15 is 0 Å². The highest BCUT2D eigenvalue weighted by molar-refractivity contribution is 5.97. The molecule has 0 N–H and O–H groups in total. The molecule has 0 saturated carbocycles. The maximum absolute atomic E-state index is 12.2. The van der Waals surface area contributed by atoms with Gasteiger partial charge in [-0.1, -0.05) is 22.9 Å². The van der Waals surface area contributed by atoms with Crippen molar-refractivity contribution in [2.45, 2.75) is 33.1 Å². The number of amides is 1. The quantitative estimate of drug-likeness (QED) is 0.842. The standard InChI is InChI=1S/C15H17N3O2/c1-9-4-5-13(10(2)6-9)18-8-12(7-14(18)19)15-16-11(3)17-20-15/h4-6,12H,7-8H2,1-3H3/t12-/m0/s1. The SMILES string of the molecule is Cc1ccc(N2C[C@@H](c3nc(C)no3)CC2=O)c(C)c1. The normalized spacial score (nSPS) is 18.9. The fourth-order valence-corrected chi connectivity index (χ4v) is 2.69. The minimum absolute atomic E-state index is 0.00981. The molecule has 1 saturated heterocycles. The molecule has 1 aromatic heterocycles. The third kappa shape index (κ3) is 2.19. The Morgan fingerprint density at radius 2 is 2.10 bits per heavy atom. The van der Waals surface area contributed by atoms with Crippen LogP contribution in [-0.2, 0) is 4.79 Å². The molecule has 104 valence electrons. The highest BCUT2D eigenvalue weighted by Crippen LogP contribution is 2.32. The van der Waals surface area contributed by atoms with E-state index in [4.69, 9.17) is 4.52 Å². The van der Waals surface area contributed by atoms with E-state index in [2.05, 4.69) is 16.2 Å². The number of nitrogens with zero attached hydrogens (tertiary/aromatic N) is 3. The highest BCUT2D eigenvalue weighted by Gasteiger charge is 2.35. The zero-order valence-corrected chi connectivity index (χ0v) is 11.9. The lowest BCUT2D eigenvalue weighted by atomic mass is 10.1. The molecule has 1 aliphatic rings. The number of anilines is 1. The first-order valence-corrected chi connectivity index (χ1v) is 6.72. The van der Waals surface area contributed by atoms with Crippen LogP contribution in [0.25, 0.3) is 0 Å². The number of rotatable bonds is 2. The van der Waals surface area contributed by atoms with Crippen molar-refractivity contribution in [3.8, 4) is 0 Å². The summed E-state index contributed by atoms with van der Waals surface area (Å²) in [6.07, 6.45) is 0.426. The molecular formula is C15H17N3O2. The Morgan fingerprint density at radius 3 is 2.75 bits per heavy atom. The molecule has 0 bridgehead atoms. The predicted molar refractivity (Wildman–Crippen MR) is 74.7 cm³/mol. The molecule has 1 aromatic carbocycles. The van der Waals surface area contributed by atoms with Gasteiger partial charge in [-0.3, -0.25) is 4.79 Å². The first-order chi connectivity index (χ1) is 9.54. The molecule has 0 spiro atoms. The van der Waals surface area contributed by atoms with Crippen LogP contribution in [0.4, 0.5) is 5.69 Å². The van der Waals surface area contributed by atoms with Crippen LogP contribution in [0.5, 0.6) is 0 Å². The third-order valence-corrected chi connectivity index (χ3v) is 3.66. The van der Waals surface area contributed by atoms with Crippen molar-refractivity contribution < 1.29 is 9.32 Å². The topological polar surface area (TPSA) is 59.2 Å². The molecule has 2 heterocycles. The first-order valence-electron chi connectivity index (χ1n) is 6.72. The van der Waals surface area contributed by atoms with Gasteiger partial charge < -0.3 is 9.42 Å². The van der Waals surface area contributed by atoms with E-state index in [1.54, 1.807) is 6.92 Å². The Labute approximate surface area is 117 Å². The first kappa shape index (κ1) is 12.8. The van der Waals surface area contributed by atoms with Gasteiger partial charge in [0.2, 0.25) is 11.8 Å². The smallest absolute Gasteiger partial charge is 0.232 e. The van der Waals surface area contributed by atoms with Crippen molar-refractivity contribution in [3.63, 3.8) is 0 Å². The van der Waals surface area contributed by atoms with E-state index in [0.717, 1.165) is 11.3 Å². The van der Waals surface area contributed by atoms with Gasteiger partial charge in [-0.15, -0.1) is 0 Å². The van der Waals surface area contributed by atoms with E-state index in [1.165, 1.54) is 5.56 Å². The molecule has 5 nitrogen and oxygen atoms in total. The maximum atomic E-state index is 12.2. The van der Waals surface area contributed by atoms with Gasteiger partial charge >= 0.3 is 0 Å². The summed E-state index contributed by atoms with van der Waals surface area (Å²) in [6, 6.07) is 6.12. The molecule has 0 radical (unpaired) electrons. The molecule has 20 heavy (non-hydrogen) atoms. The van der Waals surface area contributed by atoms with Crippen molar-refractivity contribution in [1.29, 1.82) is 0 Å². The summed E-state index contributed by atoms with van der Waals surface area (Å²) in [6.45, 7) is 6.46. The molecule has 1 atom stereocenters. The van der Waals surface area contributed by atoms with Gasteiger partial charge in [-0.25, -0.2) is 0 Å². The highest BCUT2D eigenvalue weighted by atomic mass is 16.5. The van der Waals surface area contributed by atoms with E-state index in [-0.39, 0.29) is 11.8 Å². The fourth-order valence-electron chi connectivity index (χ4n) is 2.69. The summed E-state index contributed by atoms with van der Waals surface area (Å²) in [7, 11) is 0. The Bertz CT molecular complexity index is 663. The zero-order chi connectivity index (χ0) is 14.3. The lowest BCUT2D eigenvalue weighted by molar-refractivity contribution is -0.117. The van der Waals surface area contributed by atoms with E-state index in [0.29, 0.717) is 24.7 Å². The number of hydrogen-bond acceptors (Lipinski definition) is 4. The monoisotopic (exact) mass is 271 g/mol. The summed E-state index contributed by atoms with van der Waals surface area (Å²) in [4.78, 5) is 18.3. The third-order valence-electron chi connectivity index (χ3n) is 3.66. The van der Waals surface area contributed by atoms with Crippen LogP contribution in [0, 0.1) is 20.8 Å². The zero-order valence-electron chi connectivity index (χ0n) is 11.9. The van der Waals surface area contributed by atoms with Gasteiger partial charge in [0.15, 0.2) is 5.82 Å². The molecular weight excluding hydrogens is 254 g/mol. The predicted octanol–water partition coefficient (Wildman–Crippen LogP) is 2.52. The van der Waals surface area contributed by atoms with Crippen LogP contribution in [-0.4, -0.2) is 22.6 Å². The minimum Gasteiger partial charge on any atom is -0.339 e. The summed E-state index contributed by atoms with van der Waals surface area (Å²) in [5, 5.41) is 3.80. The number of carbonyl (C=O) groups is 1. The number of benzene rings is 1. The van der Waals surface area contributed by atoms with Crippen LogP contribution in [0.1, 0.15) is 35.2 Å². The molecule has 1 amide bonds. The molecule has 5 heteroatoms. The van der Waals surface area contributed by atoms with Gasteiger partial charge in [0, 0.05) is 18.7 Å². The number of aryl methyl sites for hydroxylation is 3. The lowest BCUT2D eigenvalue weighted by Crippen LogP contribution is -2.25. The Balaban J connectivity index is 1.87. The fraction of sp³-hybridized carbons (Fsp3) is 0.400. The maximum Gasteiger partial charge on any atom is 0.232 e. The van der Waals surface area contributed by atoms with E-state index in [9.17, 15) is 4.79 Å². The summed E-state index contributed by atoms with van der Waals surface area (Å²) in [5.41, 5.74) is 3.28. The van der Waals surface area contributed by atoms with E-state index in [1.807, 2.05) is 30.9 Å². The Hall–Kier alpha value is -2.17.